The summed E-state index contributed by atoms with van der Waals surface area (Å²) in [6.07, 6.45) is 3.28. The molecule has 0 heterocycles. The Balaban J connectivity index is 0. The van der Waals surface area contributed by atoms with Crippen molar-refractivity contribution in [3.8, 4) is 0 Å². The van der Waals surface area contributed by atoms with E-state index in [1.807, 2.05) is 0 Å². The zero-order valence-corrected chi connectivity index (χ0v) is 6.25. The standard InChI is InChI=1S/C3H6O.C2H6OS/c1-3(2)4;1-4(2)3/h2*1-2H3/i1D;. The number of carbonyl (C=O) groups excluding carboxylic acids is 1. The Labute approximate surface area is 54.1 Å². The lowest BCUT2D eigenvalue weighted by molar-refractivity contribution is -0.114. The smallest absolute Gasteiger partial charge is 0.126 e. The van der Waals surface area contributed by atoms with Gasteiger partial charge in [-0.05, 0) is 13.8 Å². The first-order chi connectivity index (χ1) is 4.00. The summed E-state index contributed by atoms with van der Waals surface area (Å²) in [5, 5.41) is 0. The zero-order valence-electron chi connectivity index (χ0n) is 6.43. The van der Waals surface area contributed by atoms with Crippen LogP contribution >= 0.6 is 0 Å². The van der Waals surface area contributed by atoms with E-state index in [2.05, 4.69) is 0 Å². The highest BCUT2D eigenvalue weighted by Gasteiger charge is 1.62. The lowest BCUT2D eigenvalue weighted by atomic mass is 10.6. The second-order valence-corrected chi connectivity index (χ2v) is 2.93. The third-order valence-corrected chi connectivity index (χ3v) is 0. The Hall–Kier alpha value is -0.180. The Kier molecular flexibility index (Phi) is 6.67. The summed E-state index contributed by atoms with van der Waals surface area (Å²) >= 11 is 0. The van der Waals surface area contributed by atoms with E-state index in [1.54, 1.807) is 12.5 Å². The molecular formula is C5H12O2S. The summed E-state index contributed by atoms with van der Waals surface area (Å²) in [5.74, 6) is -0.0787. The molecule has 0 saturated carbocycles. The molecular weight excluding hydrogens is 124 g/mol. The molecule has 0 aliphatic heterocycles. The number of Topliss-reactive ketones (excluding diaryl/α,β-unsaturated/α-hetero) is 1. The minimum atomic E-state index is -0.611. The Morgan fingerprint density at radius 3 is 1.75 bits per heavy atom. The second-order valence-electron chi connectivity index (χ2n) is 1.44. The highest BCUT2D eigenvalue weighted by Crippen LogP contribution is 1.50. The van der Waals surface area contributed by atoms with Gasteiger partial charge in [0, 0.05) is 24.7 Å². The molecule has 0 fully saturated rings. The first kappa shape index (κ1) is 7.82. The maximum Gasteiger partial charge on any atom is 0.126 e. The van der Waals surface area contributed by atoms with Gasteiger partial charge in [-0.15, -0.1) is 0 Å². The fraction of sp³-hybridized carbons (Fsp3) is 0.800. The van der Waals surface area contributed by atoms with Crippen molar-refractivity contribution in [1.29, 1.82) is 0 Å². The van der Waals surface area contributed by atoms with E-state index in [0.29, 0.717) is 0 Å². The van der Waals surface area contributed by atoms with Crippen LogP contribution in [0.15, 0.2) is 0 Å². The molecule has 0 N–H and O–H groups in total. The van der Waals surface area contributed by atoms with Crippen molar-refractivity contribution in [2.75, 3.05) is 12.5 Å². The maximum absolute atomic E-state index is 9.62. The van der Waals surface area contributed by atoms with Crippen molar-refractivity contribution < 1.29 is 10.4 Å². The summed E-state index contributed by atoms with van der Waals surface area (Å²) in [7, 11) is -0.611. The molecule has 0 spiro atoms. The van der Waals surface area contributed by atoms with E-state index in [1.165, 1.54) is 6.92 Å². The Bertz CT molecular complexity index is 99.1. The quantitative estimate of drug-likeness (QED) is 0.489. The molecule has 0 amide bonds. The molecule has 0 aliphatic rings. The van der Waals surface area contributed by atoms with Crippen LogP contribution < -0.4 is 0 Å². The van der Waals surface area contributed by atoms with Gasteiger partial charge in [-0.25, -0.2) is 0 Å². The third-order valence-electron chi connectivity index (χ3n) is 0. The first-order valence-electron chi connectivity index (χ1n) is 2.75. The SMILES string of the molecule is CS(C)=O.[2H]CC(C)=O. The number of hydrogen-bond donors (Lipinski definition) is 0. The molecule has 0 bridgehead atoms. The fourth-order valence-corrected chi connectivity index (χ4v) is 0. The molecule has 0 atom stereocenters. The Morgan fingerprint density at radius 1 is 1.62 bits per heavy atom. The van der Waals surface area contributed by atoms with Crippen molar-refractivity contribution in [3.63, 3.8) is 0 Å². The fourth-order valence-electron chi connectivity index (χ4n) is 0. The molecule has 0 unspecified atom stereocenters. The van der Waals surface area contributed by atoms with Crippen LogP contribution in [-0.2, 0) is 15.6 Å². The average molecular weight is 137 g/mol. The zero-order chi connectivity index (χ0) is 7.86. The van der Waals surface area contributed by atoms with Crippen molar-refractivity contribution in [2.24, 2.45) is 0 Å². The van der Waals surface area contributed by atoms with Gasteiger partial charge in [-0.3, -0.25) is 4.21 Å². The van der Waals surface area contributed by atoms with E-state index >= 15 is 0 Å². The van der Waals surface area contributed by atoms with Crippen LogP contribution in [0.25, 0.3) is 0 Å². The van der Waals surface area contributed by atoms with Crippen LogP contribution in [0.2, 0.25) is 0 Å². The van der Waals surface area contributed by atoms with Gasteiger partial charge in [0.2, 0.25) is 0 Å². The summed E-state index contributed by atoms with van der Waals surface area (Å²) < 4.78 is 15.9. The molecule has 0 saturated heterocycles. The van der Waals surface area contributed by atoms with Crippen molar-refractivity contribution >= 4 is 16.6 Å². The van der Waals surface area contributed by atoms with Gasteiger partial charge in [0.25, 0.3) is 0 Å². The molecule has 0 aromatic rings. The molecule has 0 radical (unpaired) electrons. The summed E-state index contributed by atoms with van der Waals surface area (Å²) in [6.45, 7) is 1.31. The molecule has 0 aliphatic carbocycles. The molecule has 2 nitrogen and oxygen atoms in total. The normalized spacial score (nSPS) is 9.25. The number of hydrogen-bond acceptors (Lipinski definition) is 2. The van der Waals surface area contributed by atoms with Crippen LogP contribution in [0.1, 0.15) is 15.2 Å². The predicted molar refractivity (Wildman–Crippen MR) is 36.3 cm³/mol. The number of carbonyl (C=O) groups is 1. The molecule has 0 aromatic heterocycles. The van der Waals surface area contributed by atoms with Crippen LogP contribution in [0.3, 0.4) is 0 Å². The van der Waals surface area contributed by atoms with E-state index in [9.17, 15) is 9.00 Å². The highest BCUT2D eigenvalue weighted by atomic mass is 32.2. The van der Waals surface area contributed by atoms with Gasteiger partial charge in [0.05, 0.1) is 0 Å². The third kappa shape index (κ3) is 4170. The minimum Gasteiger partial charge on any atom is -0.300 e. The predicted octanol–water partition coefficient (Wildman–Crippen LogP) is 0.590. The largest absolute Gasteiger partial charge is 0.300 e. The summed E-state index contributed by atoms with van der Waals surface area (Å²) in [5.41, 5.74) is 0. The first-order valence-corrected chi connectivity index (χ1v) is 4.01. The Morgan fingerprint density at radius 2 is 1.75 bits per heavy atom. The molecule has 3 heteroatoms. The van der Waals surface area contributed by atoms with Crippen LogP contribution in [0.4, 0.5) is 0 Å². The van der Waals surface area contributed by atoms with Crippen molar-refractivity contribution in [2.45, 2.75) is 13.8 Å². The van der Waals surface area contributed by atoms with Gasteiger partial charge < -0.3 is 4.79 Å². The summed E-state index contributed by atoms with van der Waals surface area (Å²) in [6, 6.07) is 0. The van der Waals surface area contributed by atoms with E-state index < -0.39 is 10.8 Å². The average Bonchev–Trinajstić information content (AvgIpc) is 1.65. The van der Waals surface area contributed by atoms with Gasteiger partial charge in [0.1, 0.15) is 5.78 Å². The molecule has 0 rings (SSSR count). The van der Waals surface area contributed by atoms with E-state index in [-0.39, 0.29) is 12.7 Å². The minimum absolute atomic E-state index is 0.0787. The number of rotatable bonds is 0. The number of ketones is 1. The van der Waals surface area contributed by atoms with Gasteiger partial charge in [-0.1, -0.05) is 0 Å². The van der Waals surface area contributed by atoms with Gasteiger partial charge in [0.15, 0.2) is 0 Å². The maximum atomic E-state index is 9.62. The van der Waals surface area contributed by atoms with Crippen LogP contribution in [0, 0.1) is 0 Å². The van der Waals surface area contributed by atoms with Crippen LogP contribution in [-0.4, -0.2) is 22.5 Å². The molecule has 8 heavy (non-hydrogen) atoms. The van der Waals surface area contributed by atoms with Crippen LogP contribution in [0.5, 0.6) is 0 Å². The monoisotopic (exact) mass is 137 g/mol. The van der Waals surface area contributed by atoms with Gasteiger partial charge >= 0.3 is 0 Å². The lowest BCUT2D eigenvalue weighted by Gasteiger charge is -1.60. The molecule has 0 aromatic carbocycles. The topological polar surface area (TPSA) is 34.1 Å². The van der Waals surface area contributed by atoms with Crippen molar-refractivity contribution in [1.82, 2.24) is 0 Å². The van der Waals surface area contributed by atoms with Gasteiger partial charge in [-0.2, -0.15) is 0 Å². The van der Waals surface area contributed by atoms with E-state index in [4.69, 9.17) is 1.37 Å². The lowest BCUT2D eigenvalue weighted by Crippen LogP contribution is -1.70. The molecule has 50 valence electrons. The summed E-state index contributed by atoms with van der Waals surface area (Å²) in [4.78, 5) is 9.62. The second kappa shape index (κ2) is 6.82. The van der Waals surface area contributed by atoms with E-state index in [0.717, 1.165) is 0 Å². The van der Waals surface area contributed by atoms with Crippen molar-refractivity contribution in [3.05, 3.63) is 0 Å². The highest BCUT2D eigenvalue weighted by molar-refractivity contribution is 7.83.